The number of benzene rings is 3. The zero-order chi connectivity index (χ0) is 23.6. The van der Waals surface area contributed by atoms with Gasteiger partial charge in [-0.3, -0.25) is 14.8 Å². The number of sulfonamides is 1. The summed E-state index contributed by atoms with van der Waals surface area (Å²) in [7, 11) is -0.886. The number of nitrogens with zero attached hydrogens (tertiary/aromatic N) is 1. The highest BCUT2D eigenvalue weighted by atomic mass is 32.2. The maximum absolute atomic E-state index is 13.1. The summed E-state index contributed by atoms with van der Waals surface area (Å²) in [5.74, 6) is 0.119. The van der Waals surface area contributed by atoms with Crippen molar-refractivity contribution < 1.29 is 27.1 Å². The van der Waals surface area contributed by atoms with E-state index in [1.807, 2.05) is 0 Å². The third kappa shape index (κ3) is 4.73. The van der Waals surface area contributed by atoms with E-state index < -0.39 is 21.7 Å². The topological polar surface area (TPSA) is 107 Å². The molecule has 0 aliphatic rings. The Labute approximate surface area is 193 Å². The summed E-state index contributed by atoms with van der Waals surface area (Å²) in [6, 6.07) is 13.9. The first-order chi connectivity index (χ1) is 15.8. The third-order valence-corrected chi connectivity index (χ3v) is 7.01. The van der Waals surface area contributed by atoms with Crippen LogP contribution in [0.25, 0.3) is 10.2 Å². The molecule has 170 valence electrons. The van der Waals surface area contributed by atoms with Crippen molar-refractivity contribution in [3.63, 3.8) is 0 Å². The van der Waals surface area contributed by atoms with Gasteiger partial charge in [-0.15, -0.1) is 0 Å². The fourth-order valence-electron chi connectivity index (χ4n) is 3.06. The number of carbonyl (C=O) groups excluding carboxylic acids is 1. The molecule has 0 aliphatic heterocycles. The number of rotatable bonds is 7. The molecular formula is C22H18FN3O5S2. The van der Waals surface area contributed by atoms with Gasteiger partial charge in [0.2, 0.25) is 0 Å². The first kappa shape index (κ1) is 22.5. The summed E-state index contributed by atoms with van der Waals surface area (Å²) < 4.78 is 52.0. The lowest BCUT2D eigenvalue weighted by Crippen LogP contribution is -2.15. The summed E-state index contributed by atoms with van der Waals surface area (Å²) >= 11 is 1.22. The van der Waals surface area contributed by atoms with E-state index in [2.05, 4.69) is 15.0 Å². The van der Waals surface area contributed by atoms with Crippen LogP contribution >= 0.6 is 11.3 Å². The van der Waals surface area contributed by atoms with E-state index in [4.69, 9.17) is 9.47 Å². The van der Waals surface area contributed by atoms with Gasteiger partial charge in [0, 0.05) is 11.3 Å². The van der Waals surface area contributed by atoms with Crippen LogP contribution in [0.3, 0.4) is 0 Å². The van der Waals surface area contributed by atoms with Crippen LogP contribution in [0.15, 0.2) is 65.6 Å². The van der Waals surface area contributed by atoms with Crippen molar-refractivity contribution in [2.75, 3.05) is 24.3 Å². The number of hydrogen-bond donors (Lipinski definition) is 2. The Balaban J connectivity index is 1.56. The number of halogens is 1. The Hall–Kier alpha value is -3.70. The number of ether oxygens (including phenoxy) is 2. The number of amides is 1. The number of thiazole rings is 1. The maximum atomic E-state index is 13.1. The lowest BCUT2D eigenvalue weighted by Gasteiger charge is -2.09. The highest BCUT2D eigenvalue weighted by Gasteiger charge is 2.18. The minimum Gasteiger partial charge on any atom is -0.495 e. The normalized spacial score (nSPS) is 11.2. The molecule has 0 aliphatic carbocycles. The minimum absolute atomic E-state index is 0.101. The minimum atomic E-state index is -3.95. The summed E-state index contributed by atoms with van der Waals surface area (Å²) in [6.07, 6.45) is 0. The molecule has 0 bridgehead atoms. The second-order valence-electron chi connectivity index (χ2n) is 6.76. The van der Waals surface area contributed by atoms with Crippen LogP contribution in [0.5, 0.6) is 11.5 Å². The third-order valence-electron chi connectivity index (χ3n) is 4.63. The molecule has 0 unspecified atom stereocenters. The molecule has 0 saturated heterocycles. The Morgan fingerprint density at radius 1 is 1.00 bits per heavy atom. The van der Waals surface area contributed by atoms with E-state index in [9.17, 15) is 17.6 Å². The molecule has 11 heteroatoms. The van der Waals surface area contributed by atoms with Crippen molar-refractivity contribution in [3.05, 3.63) is 72.0 Å². The standard InChI is InChI=1S/C22H18FN3O5S2/c1-30-17-10-11-18(31-2)20-19(17)24-22(32-20)25-21(27)13-4-3-5-15(12-13)26-33(28,29)16-8-6-14(23)7-9-16/h3-12,26H,1-2H3,(H,24,25,27). The van der Waals surface area contributed by atoms with Gasteiger partial charge >= 0.3 is 0 Å². The number of nitrogens with one attached hydrogen (secondary N) is 2. The van der Waals surface area contributed by atoms with Gasteiger partial charge in [-0.2, -0.15) is 0 Å². The van der Waals surface area contributed by atoms with E-state index in [-0.39, 0.29) is 16.1 Å². The van der Waals surface area contributed by atoms with Crippen LogP contribution in [-0.2, 0) is 10.0 Å². The highest BCUT2D eigenvalue weighted by Crippen LogP contribution is 2.38. The second kappa shape index (κ2) is 9.04. The summed E-state index contributed by atoms with van der Waals surface area (Å²) in [6.45, 7) is 0. The molecule has 0 spiro atoms. The van der Waals surface area contributed by atoms with Gasteiger partial charge in [-0.1, -0.05) is 17.4 Å². The fraction of sp³-hybridized carbons (Fsp3) is 0.0909. The van der Waals surface area contributed by atoms with Gasteiger partial charge in [-0.05, 0) is 54.6 Å². The second-order valence-corrected chi connectivity index (χ2v) is 9.44. The van der Waals surface area contributed by atoms with Gasteiger partial charge in [0.15, 0.2) is 5.13 Å². The van der Waals surface area contributed by atoms with Crippen molar-refractivity contribution in [1.82, 2.24) is 4.98 Å². The monoisotopic (exact) mass is 487 g/mol. The largest absolute Gasteiger partial charge is 0.495 e. The van der Waals surface area contributed by atoms with Crippen LogP contribution in [-0.4, -0.2) is 33.5 Å². The smallest absolute Gasteiger partial charge is 0.261 e. The number of carbonyl (C=O) groups is 1. The van der Waals surface area contributed by atoms with E-state index in [0.717, 1.165) is 24.3 Å². The van der Waals surface area contributed by atoms with Crippen LogP contribution in [0.2, 0.25) is 0 Å². The molecule has 2 N–H and O–H groups in total. The van der Waals surface area contributed by atoms with Crippen molar-refractivity contribution in [3.8, 4) is 11.5 Å². The summed E-state index contributed by atoms with van der Waals surface area (Å²) in [5.41, 5.74) is 0.949. The Morgan fingerprint density at radius 3 is 2.39 bits per heavy atom. The average Bonchev–Trinajstić information content (AvgIpc) is 3.22. The molecule has 4 aromatic rings. The SMILES string of the molecule is COc1ccc(OC)c2sc(NC(=O)c3cccc(NS(=O)(=O)c4ccc(F)cc4)c3)nc12. The van der Waals surface area contributed by atoms with Crippen LogP contribution < -0.4 is 19.5 Å². The van der Waals surface area contributed by atoms with Gasteiger partial charge in [0.1, 0.15) is 27.5 Å². The van der Waals surface area contributed by atoms with Crippen molar-refractivity contribution in [2.45, 2.75) is 4.90 Å². The Bertz CT molecular complexity index is 1400. The van der Waals surface area contributed by atoms with Gasteiger partial charge < -0.3 is 9.47 Å². The maximum Gasteiger partial charge on any atom is 0.261 e. The number of aromatic nitrogens is 1. The lowest BCUT2D eigenvalue weighted by molar-refractivity contribution is 0.102. The zero-order valence-corrected chi connectivity index (χ0v) is 19.1. The van der Waals surface area contributed by atoms with Gasteiger partial charge in [-0.25, -0.2) is 17.8 Å². The molecule has 0 saturated carbocycles. The van der Waals surface area contributed by atoms with E-state index in [0.29, 0.717) is 26.8 Å². The molecule has 1 amide bonds. The molecule has 0 radical (unpaired) electrons. The number of anilines is 2. The number of hydrogen-bond acceptors (Lipinski definition) is 7. The number of fused-ring (bicyclic) bond motifs is 1. The van der Waals surface area contributed by atoms with Gasteiger partial charge in [0.25, 0.3) is 15.9 Å². The van der Waals surface area contributed by atoms with Crippen LogP contribution in [0.4, 0.5) is 15.2 Å². The first-order valence-corrected chi connectivity index (χ1v) is 11.8. The van der Waals surface area contributed by atoms with Crippen molar-refractivity contribution in [1.29, 1.82) is 0 Å². The lowest BCUT2D eigenvalue weighted by atomic mass is 10.2. The van der Waals surface area contributed by atoms with Crippen molar-refractivity contribution in [2.24, 2.45) is 0 Å². The predicted octanol–water partition coefficient (Wildman–Crippen LogP) is 4.51. The summed E-state index contributed by atoms with van der Waals surface area (Å²) in [4.78, 5) is 17.1. The molecule has 0 atom stereocenters. The molecule has 1 aromatic heterocycles. The van der Waals surface area contributed by atoms with E-state index >= 15 is 0 Å². The van der Waals surface area contributed by atoms with Crippen LogP contribution in [0, 0.1) is 5.82 Å². The molecular weight excluding hydrogens is 469 g/mol. The Kier molecular flexibility index (Phi) is 6.16. The molecule has 1 heterocycles. The average molecular weight is 488 g/mol. The number of methoxy groups -OCH3 is 2. The molecule has 4 rings (SSSR count). The van der Waals surface area contributed by atoms with Crippen LogP contribution in [0.1, 0.15) is 10.4 Å². The van der Waals surface area contributed by atoms with E-state index in [1.54, 1.807) is 24.3 Å². The first-order valence-electron chi connectivity index (χ1n) is 9.52. The fourth-order valence-corrected chi connectivity index (χ4v) is 5.08. The molecule has 0 fully saturated rings. The highest BCUT2D eigenvalue weighted by molar-refractivity contribution is 7.92. The Morgan fingerprint density at radius 2 is 1.70 bits per heavy atom. The quantitative estimate of drug-likeness (QED) is 0.397. The predicted molar refractivity (Wildman–Crippen MR) is 124 cm³/mol. The van der Waals surface area contributed by atoms with Gasteiger partial charge in [0.05, 0.1) is 19.1 Å². The van der Waals surface area contributed by atoms with E-state index in [1.165, 1.54) is 37.7 Å². The molecule has 8 nitrogen and oxygen atoms in total. The summed E-state index contributed by atoms with van der Waals surface area (Å²) in [5, 5.41) is 3.05. The molecule has 33 heavy (non-hydrogen) atoms. The zero-order valence-electron chi connectivity index (χ0n) is 17.5. The molecule has 3 aromatic carbocycles. The van der Waals surface area contributed by atoms with Crippen molar-refractivity contribution >= 4 is 48.3 Å².